The summed E-state index contributed by atoms with van der Waals surface area (Å²) >= 11 is 0. The van der Waals surface area contributed by atoms with E-state index in [9.17, 15) is 0 Å². The first kappa shape index (κ1) is 18.2. The molecule has 0 aromatic carbocycles. The Bertz CT molecular complexity index is 735. The SMILES string of the molecule is Cc1cccc(CCN2CCN(c3cc(N4CCCCC4)ncn3)CC2)n1. The number of rotatable bonds is 5. The van der Waals surface area contributed by atoms with Gasteiger partial charge >= 0.3 is 0 Å². The van der Waals surface area contributed by atoms with E-state index >= 15 is 0 Å². The molecule has 2 aliphatic rings. The molecule has 0 saturated carbocycles. The van der Waals surface area contributed by atoms with Gasteiger partial charge in [0.05, 0.1) is 0 Å². The largest absolute Gasteiger partial charge is 0.356 e. The fourth-order valence-electron chi connectivity index (χ4n) is 4.02. The fourth-order valence-corrected chi connectivity index (χ4v) is 4.02. The highest BCUT2D eigenvalue weighted by atomic mass is 15.3. The number of hydrogen-bond acceptors (Lipinski definition) is 6. The Morgan fingerprint density at radius 2 is 1.56 bits per heavy atom. The molecule has 0 atom stereocenters. The number of pyridine rings is 1. The Morgan fingerprint density at radius 3 is 2.26 bits per heavy atom. The predicted molar refractivity (Wildman–Crippen MR) is 109 cm³/mol. The standard InChI is InChI=1S/C21H30N6/c1-18-6-5-7-19(24-18)8-11-25-12-14-27(15-13-25)21-16-20(22-17-23-21)26-9-3-2-4-10-26/h5-7,16-17H,2-4,8-15H2,1H3. The van der Waals surface area contributed by atoms with Gasteiger partial charge in [-0.1, -0.05) is 6.07 Å². The summed E-state index contributed by atoms with van der Waals surface area (Å²) in [7, 11) is 0. The van der Waals surface area contributed by atoms with E-state index in [1.165, 1.54) is 25.0 Å². The zero-order valence-electron chi connectivity index (χ0n) is 16.3. The molecule has 2 aliphatic heterocycles. The van der Waals surface area contributed by atoms with Gasteiger partial charge in [-0.3, -0.25) is 9.88 Å². The Hall–Kier alpha value is -2.21. The van der Waals surface area contributed by atoms with Crippen molar-refractivity contribution in [3.63, 3.8) is 0 Å². The fraction of sp³-hybridized carbons (Fsp3) is 0.571. The maximum absolute atomic E-state index is 4.62. The van der Waals surface area contributed by atoms with Crippen LogP contribution in [0, 0.1) is 6.92 Å². The topological polar surface area (TPSA) is 48.4 Å². The zero-order valence-corrected chi connectivity index (χ0v) is 16.3. The summed E-state index contributed by atoms with van der Waals surface area (Å²) in [6.07, 6.45) is 6.64. The van der Waals surface area contributed by atoms with Gasteiger partial charge in [0.1, 0.15) is 18.0 Å². The monoisotopic (exact) mass is 366 g/mol. The molecule has 2 aromatic heterocycles. The lowest BCUT2D eigenvalue weighted by molar-refractivity contribution is 0.259. The molecule has 0 spiro atoms. The lowest BCUT2D eigenvalue weighted by atomic mass is 10.1. The lowest BCUT2D eigenvalue weighted by Gasteiger charge is -2.36. The van der Waals surface area contributed by atoms with Gasteiger partial charge in [-0.2, -0.15) is 0 Å². The van der Waals surface area contributed by atoms with Crippen molar-refractivity contribution in [1.82, 2.24) is 19.9 Å². The van der Waals surface area contributed by atoms with Crippen molar-refractivity contribution in [3.05, 3.63) is 42.0 Å². The summed E-state index contributed by atoms with van der Waals surface area (Å²) in [6.45, 7) is 9.59. The maximum Gasteiger partial charge on any atom is 0.134 e. The Morgan fingerprint density at radius 1 is 0.852 bits per heavy atom. The van der Waals surface area contributed by atoms with Gasteiger partial charge in [0.2, 0.25) is 0 Å². The van der Waals surface area contributed by atoms with Crippen molar-refractivity contribution in [2.45, 2.75) is 32.6 Å². The minimum absolute atomic E-state index is 1.02. The number of anilines is 2. The molecular weight excluding hydrogens is 336 g/mol. The molecule has 6 heteroatoms. The average molecular weight is 367 g/mol. The van der Waals surface area contributed by atoms with Gasteiger partial charge in [0.15, 0.2) is 0 Å². The first-order valence-corrected chi connectivity index (χ1v) is 10.2. The summed E-state index contributed by atoms with van der Waals surface area (Å²) in [5.41, 5.74) is 2.30. The van der Waals surface area contributed by atoms with E-state index in [4.69, 9.17) is 0 Å². The van der Waals surface area contributed by atoms with Crippen molar-refractivity contribution in [2.24, 2.45) is 0 Å². The van der Waals surface area contributed by atoms with E-state index in [1.807, 2.05) is 0 Å². The van der Waals surface area contributed by atoms with Crippen LogP contribution in [0.1, 0.15) is 30.7 Å². The van der Waals surface area contributed by atoms with Crippen LogP contribution >= 0.6 is 0 Å². The van der Waals surface area contributed by atoms with Crippen LogP contribution in [0.2, 0.25) is 0 Å². The number of piperazine rings is 1. The third-order valence-corrected chi connectivity index (χ3v) is 5.64. The Labute approximate surface area is 162 Å². The van der Waals surface area contributed by atoms with E-state index in [0.29, 0.717) is 0 Å². The van der Waals surface area contributed by atoms with Crippen LogP contribution in [0.15, 0.2) is 30.6 Å². The van der Waals surface area contributed by atoms with Crippen molar-refractivity contribution in [3.8, 4) is 0 Å². The number of aromatic nitrogens is 3. The Balaban J connectivity index is 1.30. The molecule has 2 fully saturated rings. The second-order valence-electron chi connectivity index (χ2n) is 7.63. The second kappa shape index (κ2) is 8.65. The van der Waals surface area contributed by atoms with E-state index in [2.05, 4.69) is 60.8 Å². The molecule has 144 valence electrons. The molecule has 0 amide bonds. The number of hydrogen-bond donors (Lipinski definition) is 0. The molecule has 0 radical (unpaired) electrons. The maximum atomic E-state index is 4.62. The van der Waals surface area contributed by atoms with Crippen LogP contribution in [0.3, 0.4) is 0 Å². The Kier molecular flexibility index (Phi) is 5.82. The third-order valence-electron chi connectivity index (χ3n) is 5.64. The van der Waals surface area contributed by atoms with Crippen molar-refractivity contribution in [1.29, 1.82) is 0 Å². The minimum Gasteiger partial charge on any atom is -0.356 e. The zero-order chi connectivity index (χ0) is 18.5. The third kappa shape index (κ3) is 4.75. The molecule has 27 heavy (non-hydrogen) atoms. The molecule has 0 bridgehead atoms. The normalized spacial score (nSPS) is 18.7. The van der Waals surface area contributed by atoms with Gasteiger partial charge < -0.3 is 9.80 Å². The summed E-state index contributed by atoms with van der Waals surface area (Å²) in [5, 5.41) is 0. The highest BCUT2D eigenvalue weighted by molar-refractivity contribution is 5.50. The van der Waals surface area contributed by atoms with Gasteiger partial charge in [0, 0.05) is 69.7 Å². The number of aryl methyl sites for hydroxylation is 1. The first-order chi connectivity index (χ1) is 13.3. The molecule has 6 nitrogen and oxygen atoms in total. The second-order valence-corrected chi connectivity index (χ2v) is 7.63. The summed E-state index contributed by atoms with van der Waals surface area (Å²) < 4.78 is 0. The highest BCUT2D eigenvalue weighted by Gasteiger charge is 2.20. The van der Waals surface area contributed by atoms with E-state index < -0.39 is 0 Å². The molecule has 2 saturated heterocycles. The smallest absolute Gasteiger partial charge is 0.134 e. The molecule has 4 rings (SSSR count). The molecule has 0 unspecified atom stereocenters. The molecular formula is C21H30N6. The van der Waals surface area contributed by atoms with Crippen LogP contribution in [0.5, 0.6) is 0 Å². The lowest BCUT2D eigenvalue weighted by Crippen LogP contribution is -2.47. The average Bonchev–Trinajstić information content (AvgIpc) is 2.73. The van der Waals surface area contributed by atoms with Gasteiger partial charge in [-0.15, -0.1) is 0 Å². The van der Waals surface area contributed by atoms with Crippen molar-refractivity contribution in [2.75, 3.05) is 55.6 Å². The van der Waals surface area contributed by atoms with E-state index in [1.54, 1.807) is 6.33 Å². The highest BCUT2D eigenvalue weighted by Crippen LogP contribution is 2.22. The van der Waals surface area contributed by atoms with Crippen molar-refractivity contribution < 1.29 is 0 Å². The minimum atomic E-state index is 1.02. The van der Waals surface area contributed by atoms with Gasteiger partial charge in [-0.05, 0) is 38.3 Å². The van der Waals surface area contributed by atoms with Gasteiger partial charge in [-0.25, -0.2) is 9.97 Å². The quantitative estimate of drug-likeness (QED) is 0.810. The van der Waals surface area contributed by atoms with Crippen LogP contribution in [-0.2, 0) is 6.42 Å². The van der Waals surface area contributed by atoms with Crippen LogP contribution < -0.4 is 9.80 Å². The summed E-state index contributed by atoms with van der Waals surface area (Å²) in [4.78, 5) is 21.0. The first-order valence-electron chi connectivity index (χ1n) is 10.2. The van der Waals surface area contributed by atoms with Gasteiger partial charge in [0.25, 0.3) is 0 Å². The molecule has 0 aliphatic carbocycles. The van der Waals surface area contributed by atoms with Crippen molar-refractivity contribution >= 4 is 11.6 Å². The molecule has 0 N–H and O–H groups in total. The van der Waals surface area contributed by atoms with Crippen LogP contribution in [0.4, 0.5) is 11.6 Å². The van der Waals surface area contributed by atoms with E-state index in [-0.39, 0.29) is 0 Å². The van der Waals surface area contributed by atoms with Crippen LogP contribution in [-0.4, -0.2) is 65.7 Å². The number of nitrogens with zero attached hydrogens (tertiary/aromatic N) is 6. The molecule has 4 heterocycles. The summed E-state index contributed by atoms with van der Waals surface area (Å²) in [6, 6.07) is 8.47. The summed E-state index contributed by atoms with van der Waals surface area (Å²) in [5.74, 6) is 2.17. The molecule has 2 aromatic rings. The van der Waals surface area contributed by atoms with Crippen LogP contribution in [0.25, 0.3) is 0 Å². The predicted octanol–water partition coefficient (Wildman–Crippen LogP) is 2.54. The van der Waals surface area contributed by atoms with E-state index in [0.717, 1.165) is 69.6 Å². The number of piperidine rings is 1.